The van der Waals surface area contributed by atoms with E-state index in [2.05, 4.69) is 26.5 Å². The summed E-state index contributed by atoms with van der Waals surface area (Å²) >= 11 is 9.34. The summed E-state index contributed by atoms with van der Waals surface area (Å²) in [6.45, 7) is 2.12. The van der Waals surface area contributed by atoms with Gasteiger partial charge in [-0.25, -0.2) is 10.2 Å². The largest absolute Gasteiger partial charge is 0.488 e. The van der Waals surface area contributed by atoms with Gasteiger partial charge in [-0.2, -0.15) is 5.10 Å². The van der Waals surface area contributed by atoms with Crippen molar-refractivity contribution in [3.8, 4) is 11.5 Å². The summed E-state index contributed by atoms with van der Waals surface area (Å²) in [6.07, 6.45) is 1.42. The summed E-state index contributed by atoms with van der Waals surface area (Å²) in [5.74, 6) is -0.205. The predicted molar refractivity (Wildman–Crippen MR) is 148 cm³/mol. The molecule has 4 aromatic rings. The number of esters is 1. The van der Waals surface area contributed by atoms with E-state index in [9.17, 15) is 9.59 Å². The summed E-state index contributed by atoms with van der Waals surface area (Å²) < 4.78 is 12.2. The number of amides is 1. The molecule has 0 saturated carbocycles. The number of nitrogens with one attached hydrogen (secondary N) is 1. The third kappa shape index (κ3) is 7.06. The van der Waals surface area contributed by atoms with Crippen molar-refractivity contribution in [2.45, 2.75) is 13.5 Å². The van der Waals surface area contributed by atoms with Crippen LogP contribution in [0, 0.1) is 6.92 Å². The highest BCUT2D eigenvalue weighted by molar-refractivity contribution is 9.10. The quantitative estimate of drug-likeness (QED) is 0.106. The molecule has 1 N–H and O–H groups in total. The monoisotopic (exact) mass is 576 g/mol. The van der Waals surface area contributed by atoms with E-state index in [1.165, 1.54) is 6.21 Å². The molecular weight excluding hydrogens is 556 g/mol. The molecule has 0 aliphatic rings. The Balaban J connectivity index is 1.45. The zero-order valence-corrected chi connectivity index (χ0v) is 22.1. The molecule has 0 aliphatic carbocycles. The standard InChI is InChI=1S/C29H22BrClN2O4/c1-19-6-2-3-7-24(19)29(35)37-26-15-12-22(30)16-21(26)17-32-33-28(34)25-8-4-5-9-27(25)36-18-20-10-13-23(31)14-11-20/h2-17H,18H2,1H3,(H,33,34). The lowest BCUT2D eigenvalue weighted by molar-refractivity contribution is 0.0733. The number of hydrazone groups is 1. The van der Waals surface area contributed by atoms with Gasteiger partial charge in [-0.05, 0) is 66.6 Å². The number of rotatable bonds is 8. The van der Waals surface area contributed by atoms with E-state index in [1.54, 1.807) is 66.7 Å². The molecule has 0 spiro atoms. The van der Waals surface area contributed by atoms with Gasteiger partial charge in [0.05, 0.1) is 17.3 Å². The summed E-state index contributed by atoms with van der Waals surface area (Å²) in [5.41, 5.74) is 5.54. The molecule has 0 fully saturated rings. The number of para-hydroxylation sites is 1. The van der Waals surface area contributed by atoms with Crippen molar-refractivity contribution < 1.29 is 19.1 Å². The van der Waals surface area contributed by atoms with E-state index in [0.29, 0.717) is 33.2 Å². The molecule has 0 bridgehead atoms. The van der Waals surface area contributed by atoms with E-state index >= 15 is 0 Å². The van der Waals surface area contributed by atoms with Crippen molar-refractivity contribution in [3.05, 3.63) is 128 Å². The Morgan fingerprint density at radius 3 is 2.38 bits per heavy atom. The van der Waals surface area contributed by atoms with E-state index in [-0.39, 0.29) is 6.61 Å². The van der Waals surface area contributed by atoms with Crippen LogP contribution < -0.4 is 14.9 Å². The first-order valence-electron chi connectivity index (χ1n) is 11.3. The molecule has 8 heteroatoms. The molecular formula is C29H22BrClN2O4. The molecule has 186 valence electrons. The fourth-order valence-electron chi connectivity index (χ4n) is 3.41. The number of benzene rings is 4. The predicted octanol–water partition coefficient (Wildman–Crippen LogP) is 6.97. The van der Waals surface area contributed by atoms with Gasteiger partial charge >= 0.3 is 5.97 Å². The number of carbonyl (C=O) groups is 2. The van der Waals surface area contributed by atoms with Crippen LogP contribution in [-0.2, 0) is 6.61 Å². The van der Waals surface area contributed by atoms with Crippen LogP contribution in [0.2, 0.25) is 5.02 Å². The fraction of sp³-hybridized carbons (Fsp3) is 0.0690. The minimum absolute atomic E-state index is 0.276. The Labute approximate surface area is 228 Å². The maximum atomic E-state index is 12.8. The number of nitrogens with zero attached hydrogens (tertiary/aromatic N) is 1. The van der Waals surface area contributed by atoms with Crippen LogP contribution >= 0.6 is 27.5 Å². The smallest absolute Gasteiger partial charge is 0.343 e. The molecule has 0 heterocycles. The van der Waals surface area contributed by atoms with Crippen LogP contribution in [0.3, 0.4) is 0 Å². The van der Waals surface area contributed by atoms with Gasteiger partial charge < -0.3 is 9.47 Å². The van der Waals surface area contributed by atoms with Gasteiger partial charge in [0.1, 0.15) is 18.1 Å². The second-order valence-corrected chi connectivity index (χ2v) is 9.35. The minimum Gasteiger partial charge on any atom is -0.488 e. The normalized spacial score (nSPS) is 10.8. The summed E-state index contributed by atoms with van der Waals surface area (Å²) in [5, 5.41) is 4.72. The lowest BCUT2D eigenvalue weighted by Crippen LogP contribution is -2.19. The first-order valence-corrected chi connectivity index (χ1v) is 12.4. The molecule has 37 heavy (non-hydrogen) atoms. The molecule has 0 aliphatic heterocycles. The number of aryl methyl sites for hydroxylation is 1. The van der Waals surface area contributed by atoms with Crippen molar-refractivity contribution in [1.29, 1.82) is 0 Å². The number of ether oxygens (including phenoxy) is 2. The highest BCUT2D eigenvalue weighted by Gasteiger charge is 2.14. The van der Waals surface area contributed by atoms with Crippen molar-refractivity contribution in [2.24, 2.45) is 5.10 Å². The topological polar surface area (TPSA) is 77.0 Å². The molecule has 6 nitrogen and oxygen atoms in total. The van der Waals surface area contributed by atoms with Gasteiger partial charge in [-0.1, -0.05) is 70.0 Å². The third-order valence-electron chi connectivity index (χ3n) is 5.35. The average molecular weight is 578 g/mol. The van der Waals surface area contributed by atoms with E-state index in [1.807, 2.05) is 31.2 Å². The maximum absolute atomic E-state index is 12.8. The SMILES string of the molecule is Cc1ccccc1C(=O)Oc1ccc(Br)cc1C=NNC(=O)c1ccccc1OCc1ccc(Cl)cc1. The van der Waals surface area contributed by atoms with Crippen LogP contribution in [0.15, 0.2) is 101 Å². The Morgan fingerprint density at radius 2 is 1.62 bits per heavy atom. The first kappa shape index (κ1) is 26.1. The highest BCUT2D eigenvalue weighted by Crippen LogP contribution is 2.24. The highest BCUT2D eigenvalue weighted by atomic mass is 79.9. The molecule has 0 radical (unpaired) electrons. The minimum atomic E-state index is -0.481. The number of hydrogen-bond donors (Lipinski definition) is 1. The Hall–Kier alpha value is -3.94. The summed E-state index contributed by atoms with van der Waals surface area (Å²) in [7, 11) is 0. The molecule has 1 amide bonds. The van der Waals surface area contributed by atoms with Gasteiger partial charge in [0.2, 0.25) is 0 Å². The molecule has 0 unspecified atom stereocenters. The van der Waals surface area contributed by atoms with Crippen molar-refractivity contribution in [1.82, 2.24) is 5.43 Å². The number of hydrogen-bond acceptors (Lipinski definition) is 5. The summed E-state index contributed by atoms with van der Waals surface area (Å²) in [4.78, 5) is 25.5. The van der Waals surface area contributed by atoms with Gasteiger partial charge in [-0.15, -0.1) is 0 Å². The van der Waals surface area contributed by atoms with E-state index in [0.717, 1.165) is 15.6 Å². The average Bonchev–Trinajstić information content (AvgIpc) is 2.90. The Morgan fingerprint density at radius 1 is 0.919 bits per heavy atom. The number of carbonyl (C=O) groups excluding carboxylic acids is 2. The molecule has 0 aromatic heterocycles. The van der Waals surface area contributed by atoms with Crippen LogP contribution in [0.4, 0.5) is 0 Å². The van der Waals surface area contributed by atoms with Gasteiger partial charge in [-0.3, -0.25) is 4.79 Å². The van der Waals surface area contributed by atoms with Crippen LogP contribution in [0.5, 0.6) is 11.5 Å². The zero-order chi connectivity index (χ0) is 26.2. The summed E-state index contributed by atoms with van der Waals surface area (Å²) in [6, 6.07) is 26.5. The fourth-order valence-corrected chi connectivity index (χ4v) is 3.92. The zero-order valence-electron chi connectivity index (χ0n) is 19.8. The molecule has 0 atom stereocenters. The lowest BCUT2D eigenvalue weighted by Gasteiger charge is -2.11. The van der Waals surface area contributed by atoms with E-state index < -0.39 is 11.9 Å². The van der Waals surface area contributed by atoms with Gasteiger partial charge in [0.25, 0.3) is 5.91 Å². The van der Waals surface area contributed by atoms with Gasteiger partial charge in [0.15, 0.2) is 0 Å². The van der Waals surface area contributed by atoms with Crippen molar-refractivity contribution in [3.63, 3.8) is 0 Å². The molecule has 4 aromatic carbocycles. The lowest BCUT2D eigenvalue weighted by atomic mass is 10.1. The second kappa shape index (κ2) is 12.3. The Kier molecular flexibility index (Phi) is 8.72. The first-order chi connectivity index (χ1) is 17.9. The van der Waals surface area contributed by atoms with E-state index in [4.69, 9.17) is 21.1 Å². The third-order valence-corrected chi connectivity index (χ3v) is 6.09. The molecule has 0 saturated heterocycles. The van der Waals surface area contributed by atoms with Gasteiger partial charge in [0, 0.05) is 15.1 Å². The van der Waals surface area contributed by atoms with Crippen LogP contribution in [0.1, 0.15) is 37.4 Å². The van der Waals surface area contributed by atoms with Crippen molar-refractivity contribution >= 4 is 45.6 Å². The number of halogens is 2. The molecule has 4 rings (SSSR count). The maximum Gasteiger partial charge on any atom is 0.343 e. The second-order valence-electron chi connectivity index (χ2n) is 8.00. The Bertz CT molecular complexity index is 1450. The van der Waals surface area contributed by atoms with Crippen molar-refractivity contribution in [2.75, 3.05) is 0 Å². The van der Waals surface area contributed by atoms with Crippen LogP contribution in [-0.4, -0.2) is 18.1 Å². The van der Waals surface area contributed by atoms with Crippen LogP contribution in [0.25, 0.3) is 0 Å².